The van der Waals surface area contributed by atoms with Crippen molar-refractivity contribution in [2.24, 2.45) is 5.92 Å². The molecule has 0 saturated carbocycles. The number of hydrogen-bond donors (Lipinski definition) is 1. The van der Waals surface area contributed by atoms with Crippen LogP contribution in [0.4, 0.5) is 0 Å². The normalized spacial score (nSPS) is 17.9. The van der Waals surface area contributed by atoms with Crippen molar-refractivity contribution in [2.75, 3.05) is 33.8 Å². The Bertz CT molecular complexity index is 1030. The van der Waals surface area contributed by atoms with Gasteiger partial charge >= 0.3 is 0 Å². The molecule has 1 aliphatic heterocycles. The van der Waals surface area contributed by atoms with Crippen LogP contribution < -0.4 is 4.74 Å². The van der Waals surface area contributed by atoms with Gasteiger partial charge in [0.15, 0.2) is 0 Å². The summed E-state index contributed by atoms with van der Waals surface area (Å²) in [4.78, 5) is 33.7. The Morgan fingerprint density at radius 3 is 2.48 bits per heavy atom. The number of pyridine rings is 1. The van der Waals surface area contributed by atoms with E-state index in [1.54, 1.807) is 47.6 Å². The Kier molecular flexibility index (Phi) is 7.87. The highest BCUT2D eigenvalue weighted by Gasteiger charge is 2.45. The van der Waals surface area contributed by atoms with Crippen molar-refractivity contribution in [3.05, 3.63) is 65.0 Å². The van der Waals surface area contributed by atoms with E-state index in [2.05, 4.69) is 18.8 Å². The van der Waals surface area contributed by atoms with Crippen molar-refractivity contribution in [2.45, 2.75) is 33.2 Å². The van der Waals surface area contributed by atoms with Crippen molar-refractivity contribution >= 4 is 17.4 Å². The lowest BCUT2D eigenvalue weighted by Crippen LogP contribution is -2.32. The number of carbonyl (C=O) groups is 2. The van der Waals surface area contributed by atoms with Gasteiger partial charge in [-0.15, -0.1) is 0 Å². The molecule has 1 atom stereocenters. The molecule has 1 amide bonds. The number of aliphatic hydroxyl groups excluding tert-OH is 1. The number of nitrogens with zero attached hydrogens (tertiary/aromatic N) is 3. The first-order valence-corrected chi connectivity index (χ1v) is 11.3. The maximum Gasteiger partial charge on any atom is 0.295 e. The van der Waals surface area contributed by atoms with Gasteiger partial charge < -0.3 is 19.6 Å². The molecule has 1 aliphatic rings. The van der Waals surface area contributed by atoms with Crippen molar-refractivity contribution in [1.29, 1.82) is 0 Å². The minimum absolute atomic E-state index is 0.103. The van der Waals surface area contributed by atoms with E-state index in [1.165, 1.54) is 0 Å². The molecular weight excluding hydrogens is 418 g/mol. The van der Waals surface area contributed by atoms with E-state index in [1.807, 2.05) is 25.9 Å². The third kappa shape index (κ3) is 5.60. The molecule has 1 unspecified atom stereocenters. The van der Waals surface area contributed by atoms with E-state index >= 15 is 0 Å². The molecule has 3 rings (SSSR count). The van der Waals surface area contributed by atoms with Gasteiger partial charge in [-0.1, -0.05) is 13.8 Å². The van der Waals surface area contributed by atoms with E-state index in [0.717, 1.165) is 23.4 Å². The number of aryl methyl sites for hydroxylation is 1. The molecule has 1 fully saturated rings. The number of ketones is 1. The lowest BCUT2D eigenvalue weighted by Gasteiger charge is -2.25. The summed E-state index contributed by atoms with van der Waals surface area (Å²) in [6, 6.07) is 8.19. The number of aromatic nitrogens is 1. The summed E-state index contributed by atoms with van der Waals surface area (Å²) in [5, 5.41) is 11.2. The summed E-state index contributed by atoms with van der Waals surface area (Å²) in [6.07, 6.45) is 3.96. The number of ether oxygens (including phenoxy) is 1. The number of aliphatic hydroxyl groups is 1. The third-order valence-corrected chi connectivity index (χ3v) is 5.59. The number of amides is 1. The van der Waals surface area contributed by atoms with Crippen LogP contribution in [0.15, 0.2) is 48.3 Å². The Morgan fingerprint density at radius 1 is 1.18 bits per heavy atom. The zero-order valence-corrected chi connectivity index (χ0v) is 20.0. The average molecular weight is 452 g/mol. The number of carbonyl (C=O) groups excluding carboxylic acids is 2. The van der Waals surface area contributed by atoms with Crippen LogP contribution in [-0.2, 0) is 9.59 Å². The SMILES string of the molecule is Cc1cc(/C(O)=C2\C(=O)C(=O)N(CCCN(C)C)C2c2ccncc2)ccc1OCC(C)C. The molecule has 0 aliphatic carbocycles. The summed E-state index contributed by atoms with van der Waals surface area (Å²) in [5.74, 6) is -0.317. The Balaban J connectivity index is 2.01. The highest BCUT2D eigenvalue weighted by atomic mass is 16.5. The predicted octanol–water partition coefficient (Wildman–Crippen LogP) is 3.80. The van der Waals surface area contributed by atoms with Crippen LogP contribution in [0.2, 0.25) is 0 Å². The van der Waals surface area contributed by atoms with Gasteiger partial charge in [-0.3, -0.25) is 14.6 Å². The van der Waals surface area contributed by atoms with E-state index in [4.69, 9.17) is 4.74 Å². The van der Waals surface area contributed by atoms with E-state index in [9.17, 15) is 14.7 Å². The van der Waals surface area contributed by atoms with E-state index < -0.39 is 17.7 Å². The second-order valence-electron chi connectivity index (χ2n) is 9.11. The highest BCUT2D eigenvalue weighted by Crippen LogP contribution is 2.39. The zero-order valence-electron chi connectivity index (χ0n) is 20.0. The van der Waals surface area contributed by atoms with Gasteiger partial charge in [-0.2, -0.15) is 0 Å². The van der Waals surface area contributed by atoms with Gasteiger partial charge in [0.1, 0.15) is 11.5 Å². The van der Waals surface area contributed by atoms with Gasteiger partial charge in [0.2, 0.25) is 0 Å². The maximum atomic E-state index is 13.1. The number of likely N-dealkylation sites (tertiary alicyclic amines) is 1. The summed E-state index contributed by atoms with van der Waals surface area (Å²) in [7, 11) is 3.93. The largest absolute Gasteiger partial charge is 0.507 e. The van der Waals surface area contributed by atoms with Crippen LogP contribution in [-0.4, -0.2) is 65.4 Å². The molecule has 1 aromatic heterocycles. The molecule has 2 heterocycles. The minimum Gasteiger partial charge on any atom is -0.507 e. The van der Waals surface area contributed by atoms with E-state index in [0.29, 0.717) is 31.1 Å². The fourth-order valence-corrected chi connectivity index (χ4v) is 3.93. The fraction of sp³-hybridized carbons (Fsp3) is 0.423. The maximum absolute atomic E-state index is 13.1. The van der Waals surface area contributed by atoms with Gasteiger partial charge in [0.25, 0.3) is 11.7 Å². The number of rotatable bonds is 9. The first kappa shape index (κ1) is 24.5. The first-order chi connectivity index (χ1) is 15.7. The molecule has 2 aromatic rings. The molecule has 176 valence electrons. The number of benzene rings is 1. The lowest BCUT2D eigenvalue weighted by molar-refractivity contribution is -0.139. The number of Topliss-reactive ketones (excluding diaryl/α,β-unsaturated/α-hetero) is 1. The van der Waals surface area contributed by atoms with E-state index in [-0.39, 0.29) is 11.3 Å². The van der Waals surface area contributed by atoms with Crippen LogP contribution in [0.25, 0.3) is 5.76 Å². The van der Waals surface area contributed by atoms with Crippen LogP contribution in [0.5, 0.6) is 5.75 Å². The summed E-state index contributed by atoms with van der Waals surface area (Å²) in [6.45, 7) is 7.83. The third-order valence-electron chi connectivity index (χ3n) is 5.59. The topological polar surface area (TPSA) is 83.0 Å². The Morgan fingerprint density at radius 2 is 1.88 bits per heavy atom. The Labute approximate surface area is 195 Å². The molecule has 1 saturated heterocycles. The van der Waals surface area contributed by atoms with Crippen molar-refractivity contribution in [1.82, 2.24) is 14.8 Å². The molecule has 0 radical (unpaired) electrons. The monoisotopic (exact) mass is 451 g/mol. The molecule has 7 heteroatoms. The summed E-state index contributed by atoms with van der Waals surface area (Å²) < 4.78 is 5.83. The van der Waals surface area contributed by atoms with Crippen LogP contribution in [0, 0.1) is 12.8 Å². The number of hydrogen-bond acceptors (Lipinski definition) is 6. The van der Waals surface area contributed by atoms with Crippen molar-refractivity contribution in [3.63, 3.8) is 0 Å². The predicted molar refractivity (Wildman–Crippen MR) is 128 cm³/mol. The highest BCUT2D eigenvalue weighted by molar-refractivity contribution is 6.46. The molecule has 1 N–H and O–H groups in total. The quantitative estimate of drug-likeness (QED) is 0.355. The molecular formula is C26H33N3O4. The van der Waals surface area contributed by atoms with Gasteiger partial charge in [0, 0.05) is 24.5 Å². The second kappa shape index (κ2) is 10.6. The zero-order chi connectivity index (χ0) is 24.1. The fourth-order valence-electron chi connectivity index (χ4n) is 3.93. The van der Waals surface area contributed by atoms with Crippen LogP contribution >= 0.6 is 0 Å². The molecule has 0 bridgehead atoms. The smallest absolute Gasteiger partial charge is 0.295 e. The summed E-state index contributed by atoms with van der Waals surface area (Å²) in [5.41, 5.74) is 2.17. The molecule has 7 nitrogen and oxygen atoms in total. The molecule has 1 aromatic carbocycles. The molecule has 33 heavy (non-hydrogen) atoms. The van der Waals surface area contributed by atoms with Gasteiger partial charge in [0.05, 0.1) is 18.2 Å². The van der Waals surface area contributed by atoms with Crippen molar-refractivity contribution < 1.29 is 19.4 Å². The second-order valence-corrected chi connectivity index (χ2v) is 9.11. The average Bonchev–Trinajstić information content (AvgIpc) is 3.03. The van der Waals surface area contributed by atoms with Crippen molar-refractivity contribution in [3.8, 4) is 5.75 Å². The first-order valence-electron chi connectivity index (χ1n) is 11.3. The lowest BCUT2D eigenvalue weighted by atomic mass is 9.95. The molecule has 0 spiro atoms. The summed E-state index contributed by atoms with van der Waals surface area (Å²) >= 11 is 0. The minimum atomic E-state index is -0.669. The Hall–Kier alpha value is -3.19. The van der Waals surface area contributed by atoms with Crippen LogP contribution in [0.3, 0.4) is 0 Å². The standard InChI is InChI=1S/C26H33N3O4/c1-17(2)16-33-21-8-7-20(15-18(21)3)24(30)22-23(19-9-11-27-12-10-19)29(26(32)25(22)31)14-6-13-28(4)5/h7-12,15,17,23,30H,6,13-14,16H2,1-5H3/b24-22+. The van der Waals surface area contributed by atoms with Crippen LogP contribution in [0.1, 0.15) is 43.0 Å². The van der Waals surface area contributed by atoms with Gasteiger partial charge in [-0.05, 0) is 81.4 Å². The van der Waals surface area contributed by atoms with Gasteiger partial charge in [-0.25, -0.2) is 0 Å².